The number of amides is 1. The molecule has 0 aliphatic carbocycles. The summed E-state index contributed by atoms with van der Waals surface area (Å²) in [6, 6.07) is 5.22. The Morgan fingerprint density at radius 3 is 2.86 bits per heavy atom. The molecular weight excluding hydrogens is 292 g/mol. The van der Waals surface area contributed by atoms with Crippen LogP contribution in [0, 0.1) is 0 Å². The van der Waals surface area contributed by atoms with Gasteiger partial charge in [0.25, 0.3) is 5.91 Å². The first kappa shape index (κ1) is 14.1. The van der Waals surface area contributed by atoms with Crippen LogP contribution in [0.25, 0.3) is 11.0 Å². The van der Waals surface area contributed by atoms with Crippen LogP contribution in [0.4, 0.5) is 0 Å². The molecule has 1 saturated heterocycles. The number of fused-ring (bicyclic) bond motifs is 1. The molecule has 1 atom stereocenters. The topological polar surface area (TPSA) is 60.2 Å². The Bertz CT molecular complexity index is 651. The van der Waals surface area contributed by atoms with E-state index < -0.39 is 6.10 Å². The first-order valence-electron chi connectivity index (χ1n) is 7.12. The number of rotatable bonds is 3. The van der Waals surface area contributed by atoms with Crippen molar-refractivity contribution >= 4 is 28.5 Å². The molecule has 0 spiro atoms. The van der Waals surface area contributed by atoms with Gasteiger partial charge in [-0.15, -0.1) is 5.10 Å². The lowest BCUT2D eigenvalue weighted by Crippen LogP contribution is -2.45. The number of piperidine rings is 1. The van der Waals surface area contributed by atoms with Crippen LogP contribution >= 0.6 is 11.6 Å². The van der Waals surface area contributed by atoms with Gasteiger partial charge in [0.1, 0.15) is 11.0 Å². The summed E-state index contributed by atoms with van der Waals surface area (Å²) in [6.45, 7) is 3.34. The molecule has 0 radical (unpaired) electrons. The van der Waals surface area contributed by atoms with E-state index in [0.29, 0.717) is 16.1 Å². The summed E-state index contributed by atoms with van der Waals surface area (Å²) in [5.74, 6) is -0.0135. The third kappa shape index (κ3) is 2.95. The van der Waals surface area contributed by atoms with Crippen molar-refractivity contribution in [3.63, 3.8) is 0 Å². The van der Waals surface area contributed by atoms with Crippen molar-refractivity contribution in [1.82, 2.24) is 20.1 Å². The van der Waals surface area contributed by atoms with Gasteiger partial charge >= 0.3 is 0 Å². The van der Waals surface area contributed by atoms with Crippen LogP contribution in [0.15, 0.2) is 18.2 Å². The van der Waals surface area contributed by atoms with Crippen molar-refractivity contribution < 1.29 is 9.63 Å². The molecule has 1 aromatic heterocycles. The average Bonchev–Trinajstić information content (AvgIpc) is 2.89. The zero-order valence-corrected chi connectivity index (χ0v) is 12.6. The second kappa shape index (κ2) is 5.89. The van der Waals surface area contributed by atoms with E-state index in [1.165, 1.54) is 11.3 Å². The number of carbonyl (C=O) groups is 1. The summed E-state index contributed by atoms with van der Waals surface area (Å²) in [6.07, 6.45) is 2.69. The van der Waals surface area contributed by atoms with Crippen LogP contribution in [-0.4, -0.2) is 45.2 Å². The first-order valence-corrected chi connectivity index (χ1v) is 7.50. The second-order valence-electron chi connectivity index (χ2n) is 5.23. The molecule has 1 fully saturated rings. The molecule has 112 valence electrons. The fraction of sp³-hybridized carbons (Fsp3) is 0.500. The number of halogens is 1. The van der Waals surface area contributed by atoms with Gasteiger partial charge in [-0.3, -0.25) is 4.79 Å². The van der Waals surface area contributed by atoms with Gasteiger partial charge in [0.15, 0.2) is 0 Å². The van der Waals surface area contributed by atoms with Gasteiger partial charge in [-0.1, -0.05) is 16.4 Å². The summed E-state index contributed by atoms with van der Waals surface area (Å²) in [4.78, 5) is 21.1. The number of hydrogen-bond donors (Lipinski definition) is 0. The van der Waals surface area contributed by atoms with Gasteiger partial charge in [-0.05, 0) is 49.6 Å². The standard InChI is InChI=1S/C14H17ClN4O2/c1-10(14(20)18-7-3-2-4-8-18)21-19-13-9-11(15)5-6-12(13)16-17-19/h5-6,9-10H,2-4,7-8H2,1H3. The summed E-state index contributed by atoms with van der Waals surface area (Å²) in [7, 11) is 0. The zero-order valence-electron chi connectivity index (χ0n) is 11.8. The zero-order chi connectivity index (χ0) is 14.8. The summed E-state index contributed by atoms with van der Waals surface area (Å²) < 4.78 is 0. The lowest BCUT2D eigenvalue weighted by atomic mass is 10.1. The van der Waals surface area contributed by atoms with Crippen molar-refractivity contribution in [1.29, 1.82) is 0 Å². The predicted octanol–water partition coefficient (Wildman–Crippen LogP) is 1.91. The third-order valence-electron chi connectivity index (χ3n) is 3.65. The molecule has 3 rings (SSSR count). The lowest BCUT2D eigenvalue weighted by Gasteiger charge is -2.28. The molecular formula is C14H17ClN4O2. The molecule has 21 heavy (non-hydrogen) atoms. The molecule has 0 N–H and O–H groups in total. The highest BCUT2D eigenvalue weighted by molar-refractivity contribution is 6.31. The Morgan fingerprint density at radius 2 is 2.10 bits per heavy atom. The van der Waals surface area contributed by atoms with Crippen LogP contribution in [0.3, 0.4) is 0 Å². The van der Waals surface area contributed by atoms with Gasteiger partial charge < -0.3 is 9.74 Å². The molecule has 2 aromatic rings. The molecule has 0 bridgehead atoms. The maximum atomic E-state index is 12.3. The smallest absolute Gasteiger partial charge is 0.266 e. The Hall–Kier alpha value is -1.82. The monoisotopic (exact) mass is 308 g/mol. The largest absolute Gasteiger partial charge is 0.382 e. The van der Waals surface area contributed by atoms with Gasteiger partial charge in [0.2, 0.25) is 6.10 Å². The molecule has 1 unspecified atom stereocenters. The van der Waals surface area contributed by atoms with Crippen molar-refractivity contribution in [2.24, 2.45) is 0 Å². The summed E-state index contributed by atoms with van der Waals surface area (Å²) in [5.41, 5.74) is 1.33. The molecule has 1 aliphatic heterocycles. The van der Waals surface area contributed by atoms with Crippen molar-refractivity contribution in [3.05, 3.63) is 23.2 Å². The predicted molar refractivity (Wildman–Crippen MR) is 79.0 cm³/mol. The van der Waals surface area contributed by atoms with Crippen LogP contribution in [0.1, 0.15) is 26.2 Å². The van der Waals surface area contributed by atoms with Gasteiger partial charge in [-0.25, -0.2) is 0 Å². The van der Waals surface area contributed by atoms with Crippen molar-refractivity contribution in [3.8, 4) is 0 Å². The van der Waals surface area contributed by atoms with E-state index in [4.69, 9.17) is 16.4 Å². The molecule has 1 aliphatic rings. The number of carbonyl (C=O) groups excluding carboxylic acids is 1. The van der Waals surface area contributed by atoms with Gasteiger partial charge in [0, 0.05) is 18.1 Å². The maximum Gasteiger partial charge on any atom is 0.266 e. The summed E-state index contributed by atoms with van der Waals surface area (Å²) in [5, 5.41) is 8.48. The Kier molecular flexibility index (Phi) is 3.96. The molecule has 1 aromatic carbocycles. The Labute approximate surface area is 127 Å². The molecule has 1 amide bonds. The number of benzene rings is 1. The fourth-order valence-corrected chi connectivity index (χ4v) is 2.68. The quantitative estimate of drug-likeness (QED) is 0.869. The van der Waals surface area contributed by atoms with E-state index in [1.807, 2.05) is 4.90 Å². The Morgan fingerprint density at radius 1 is 1.33 bits per heavy atom. The van der Waals surface area contributed by atoms with E-state index in [-0.39, 0.29) is 5.91 Å². The minimum Gasteiger partial charge on any atom is -0.382 e. The third-order valence-corrected chi connectivity index (χ3v) is 3.89. The normalized spacial score (nSPS) is 17.0. The highest BCUT2D eigenvalue weighted by atomic mass is 35.5. The number of aromatic nitrogens is 3. The van der Waals surface area contributed by atoms with Gasteiger partial charge in [-0.2, -0.15) is 0 Å². The van der Waals surface area contributed by atoms with Crippen molar-refractivity contribution in [2.75, 3.05) is 13.1 Å². The second-order valence-corrected chi connectivity index (χ2v) is 5.67. The van der Waals surface area contributed by atoms with Crippen LogP contribution in [0.5, 0.6) is 0 Å². The minimum atomic E-state index is -0.605. The van der Waals surface area contributed by atoms with Crippen LogP contribution in [0.2, 0.25) is 5.02 Å². The van der Waals surface area contributed by atoms with E-state index in [1.54, 1.807) is 25.1 Å². The maximum absolute atomic E-state index is 12.3. The highest BCUT2D eigenvalue weighted by Gasteiger charge is 2.24. The molecule has 2 heterocycles. The van der Waals surface area contributed by atoms with E-state index >= 15 is 0 Å². The van der Waals surface area contributed by atoms with E-state index in [2.05, 4.69) is 10.3 Å². The highest BCUT2D eigenvalue weighted by Crippen LogP contribution is 2.17. The number of hydrogen-bond acceptors (Lipinski definition) is 4. The van der Waals surface area contributed by atoms with Crippen LogP contribution < -0.4 is 4.84 Å². The number of likely N-dealkylation sites (tertiary alicyclic amines) is 1. The molecule has 7 heteroatoms. The lowest BCUT2D eigenvalue weighted by molar-refractivity contribution is -0.144. The minimum absolute atomic E-state index is 0.0135. The van der Waals surface area contributed by atoms with Crippen molar-refractivity contribution in [2.45, 2.75) is 32.3 Å². The average molecular weight is 309 g/mol. The summed E-state index contributed by atoms with van der Waals surface area (Å²) >= 11 is 5.97. The number of nitrogens with zero attached hydrogens (tertiary/aromatic N) is 4. The SMILES string of the molecule is CC(On1nnc2ccc(Cl)cc21)C(=O)N1CCCCC1. The molecule has 0 saturated carbocycles. The van der Waals surface area contributed by atoms with Crippen LogP contribution in [-0.2, 0) is 4.79 Å². The molecule has 6 nitrogen and oxygen atoms in total. The van der Waals surface area contributed by atoms with Gasteiger partial charge in [0.05, 0.1) is 0 Å². The first-order chi connectivity index (χ1) is 10.1. The van der Waals surface area contributed by atoms with E-state index in [9.17, 15) is 4.79 Å². The fourth-order valence-electron chi connectivity index (χ4n) is 2.52. The van der Waals surface area contributed by atoms with E-state index in [0.717, 1.165) is 25.9 Å². The Balaban J connectivity index is 1.74.